The van der Waals surface area contributed by atoms with E-state index in [2.05, 4.69) is 21.2 Å². The topological polar surface area (TPSA) is 86.3 Å². The van der Waals surface area contributed by atoms with Gasteiger partial charge in [0.25, 0.3) is 11.8 Å². The number of likely N-dealkylation sites (N-methyl/N-ethyl adjacent to an activating group) is 1. The minimum atomic E-state index is -0.662. The highest BCUT2D eigenvalue weighted by atomic mass is 79.9. The zero-order valence-electron chi connectivity index (χ0n) is 13.6. The Morgan fingerprint density at radius 3 is 2.83 bits per heavy atom. The molecule has 0 aliphatic carbocycles. The molecule has 24 heavy (non-hydrogen) atoms. The van der Waals surface area contributed by atoms with Crippen LogP contribution in [-0.2, 0) is 9.59 Å². The minimum absolute atomic E-state index is 0.0121. The fourth-order valence-corrected chi connectivity index (χ4v) is 3.42. The summed E-state index contributed by atoms with van der Waals surface area (Å²) in [5.74, 6) is -0.450. The first kappa shape index (κ1) is 16.9. The van der Waals surface area contributed by atoms with Crippen molar-refractivity contribution in [1.82, 2.24) is 9.80 Å². The van der Waals surface area contributed by atoms with Crippen molar-refractivity contribution in [2.45, 2.75) is 19.0 Å². The summed E-state index contributed by atoms with van der Waals surface area (Å²) in [5.41, 5.74) is 0.978. The van der Waals surface area contributed by atoms with Gasteiger partial charge in [-0.05, 0) is 25.1 Å². The van der Waals surface area contributed by atoms with Crippen LogP contribution in [0.1, 0.15) is 17.3 Å². The number of halogens is 1. The summed E-state index contributed by atoms with van der Waals surface area (Å²) in [5, 5.41) is 4.65. The Morgan fingerprint density at radius 2 is 2.12 bits per heavy atom. The Labute approximate surface area is 148 Å². The number of quaternary nitrogens is 1. The van der Waals surface area contributed by atoms with Gasteiger partial charge in [0.15, 0.2) is 6.04 Å². The molecular formula is C16H20BrN4O3+. The number of piperazine rings is 1. The van der Waals surface area contributed by atoms with Crippen molar-refractivity contribution in [1.29, 1.82) is 0 Å². The van der Waals surface area contributed by atoms with Crippen molar-refractivity contribution in [2.75, 3.05) is 32.0 Å². The summed E-state index contributed by atoms with van der Waals surface area (Å²) in [6.07, 6.45) is 0. The van der Waals surface area contributed by atoms with Crippen LogP contribution in [0, 0.1) is 0 Å². The van der Waals surface area contributed by atoms with Crippen molar-refractivity contribution < 1.29 is 19.7 Å². The van der Waals surface area contributed by atoms with E-state index in [1.54, 1.807) is 28.0 Å². The van der Waals surface area contributed by atoms with Crippen LogP contribution in [0.25, 0.3) is 0 Å². The predicted molar refractivity (Wildman–Crippen MR) is 91.5 cm³/mol. The first-order chi connectivity index (χ1) is 11.4. The van der Waals surface area contributed by atoms with Gasteiger partial charge in [-0.15, -0.1) is 0 Å². The van der Waals surface area contributed by atoms with E-state index >= 15 is 0 Å². The van der Waals surface area contributed by atoms with Crippen molar-refractivity contribution in [3.8, 4) is 0 Å². The van der Waals surface area contributed by atoms with Crippen LogP contribution in [-0.4, -0.2) is 66.3 Å². The van der Waals surface area contributed by atoms with Crippen molar-refractivity contribution in [3.05, 3.63) is 28.2 Å². The van der Waals surface area contributed by atoms with E-state index in [0.717, 1.165) is 4.47 Å². The van der Waals surface area contributed by atoms with Gasteiger partial charge in [0.2, 0.25) is 5.91 Å². The van der Waals surface area contributed by atoms with E-state index < -0.39 is 6.04 Å². The third kappa shape index (κ3) is 2.91. The Bertz CT molecular complexity index is 709. The minimum Gasteiger partial charge on any atom is -0.339 e. The maximum Gasteiger partial charge on any atom is 0.280 e. The van der Waals surface area contributed by atoms with Crippen molar-refractivity contribution in [2.24, 2.45) is 0 Å². The third-order valence-electron chi connectivity index (χ3n) is 4.61. The lowest BCUT2D eigenvalue weighted by Gasteiger charge is -2.39. The van der Waals surface area contributed by atoms with Gasteiger partial charge in [-0.25, -0.2) is 0 Å². The summed E-state index contributed by atoms with van der Waals surface area (Å²) >= 11 is 3.36. The molecular weight excluding hydrogens is 376 g/mol. The second kappa shape index (κ2) is 6.52. The molecule has 3 N–H and O–H groups in total. The molecule has 2 heterocycles. The zero-order chi connectivity index (χ0) is 17.4. The second-order valence-corrected chi connectivity index (χ2v) is 7.02. The largest absolute Gasteiger partial charge is 0.339 e. The van der Waals surface area contributed by atoms with Gasteiger partial charge in [0, 0.05) is 17.6 Å². The molecule has 2 aliphatic rings. The zero-order valence-corrected chi connectivity index (χ0v) is 15.2. The lowest BCUT2D eigenvalue weighted by Crippen LogP contribution is -2.88. The van der Waals surface area contributed by atoms with Gasteiger partial charge in [0.1, 0.15) is 6.04 Å². The number of anilines is 1. The molecule has 0 bridgehead atoms. The molecule has 3 amide bonds. The van der Waals surface area contributed by atoms with Crippen LogP contribution >= 0.6 is 15.9 Å². The number of hydrogen-bond acceptors (Lipinski definition) is 3. The van der Waals surface area contributed by atoms with E-state index in [4.69, 9.17) is 0 Å². The Morgan fingerprint density at radius 1 is 1.38 bits per heavy atom. The number of carbonyl (C=O) groups is 3. The molecule has 8 heteroatoms. The fraction of sp³-hybridized carbons (Fsp3) is 0.438. The Hall–Kier alpha value is -1.93. The number of nitrogens with zero attached hydrogens (tertiary/aromatic N) is 2. The van der Waals surface area contributed by atoms with Crippen LogP contribution in [0.4, 0.5) is 5.69 Å². The number of rotatable bonds is 2. The molecule has 1 saturated heterocycles. The van der Waals surface area contributed by atoms with Crippen LogP contribution in [0.5, 0.6) is 0 Å². The monoisotopic (exact) mass is 395 g/mol. The van der Waals surface area contributed by atoms with E-state index in [1.165, 1.54) is 0 Å². The van der Waals surface area contributed by atoms with Crippen LogP contribution in [0.3, 0.4) is 0 Å². The summed E-state index contributed by atoms with van der Waals surface area (Å²) in [7, 11) is 1.84. The first-order valence-corrected chi connectivity index (χ1v) is 8.71. The molecule has 0 aromatic heterocycles. The van der Waals surface area contributed by atoms with Gasteiger partial charge in [-0.3, -0.25) is 14.4 Å². The SMILES string of the molecule is C[NH2+][C@@H](C)C(=O)N1CCN2C(=O)c3cc(Br)ccc3NC(=O)[C@@H]2C1. The van der Waals surface area contributed by atoms with Crippen molar-refractivity contribution in [3.63, 3.8) is 0 Å². The van der Waals surface area contributed by atoms with Gasteiger partial charge >= 0.3 is 0 Å². The first-order valence-electron chi connectivity index (χ1n) is 7.92. The molecule has 0 unspecified atom stereocenters. The number of nitrogens with one attached hydrogen (secondary N) is 1. The highest BCUT2D eigenvalue weighted by molar-refractivity contribution is 9.10. The molecule has 128 valence electrons. The van der Waals surface area contributed by atoms with Crippen LogP contribution in [0.15, 0.2) is 22.7 Å². The van der Waals surface area contributed by atoms with Crippen molar-refractivity contribution >= 4 is 39.3 Å². The van der Waals surface area contributed by atoms with E-state index in [0.29, 0.717) is 24.3 Å². The summed E-state index contributed by atoms with van der Waals surface area (Å²) in [4.78, 5) is 41.1. The molecule has 0 saturated carbocycles. The molecule has 2 atom stereocenters. The highest BCUT2D eigenvalue weighted by Gasteiger charge is 2.41. The Balaban J connectivity index is 1.88. The van der Waals surface area contributed by atoms with Gasteiger partial charge < -0.3 is 20.4 Å². The summed E-state index contributed by atoms with van der Waals surface area (Å²) in [6.45, 7) is 2.85. The average Bonchev–Trinajstić information content (AvgIpc) is 2.69. The second-order valence-electron chi connectivity index (χ2n) is 6.10. The molecule has 3 rings (SSSR count). The van der Waals surface area contributed by atoms with Gasteiger partial charge in [-0.1, -0.05) is 15.9 Å². The molecule has 0 radical (unpaired) electrons. The standard InChI is InChI=1S/C16H19BrN4O3/c1-9(18-2)15(23)20-5-6-21-13(8-20)14(22)19-12-4-3-10(17)7-11(12)16(21)24/h3-4,7,9,13,18H,5-6,8H2,1-2H3,(H,19,22)/p+1/t9-,13-/m0/s1. The Kier molecular flexibility index (Phi) is 4.60. The fourth-order valence-electron chi connectivity index (χ4n) is 3.05. The number of nitrogens with two attached hydrogens (primary N) is 1. The average molecular weight is 396 g/mol. The summed E-state index contributed by atoms with van der Waals surface area (Å²) < 4.78 is 0.781. The molecule has 2 aliphatic heterocycles. The molecule has 1 aromatic rings. The molecule has 0 spiro atoms. The predicted octanol–water partition coefficient (Wildman–Crippen LogP) is -0.364. The maximum atomic E-state index is 12.8. The number of amides is 3. The lowest BCUT2D eigenvalue weighted by atomic mass is 10.1. The number of benzene rings is 1. The van der Waals surface area contributed by atoms with E-state index in [-0.39, 0.29) is 30.3 Å². The molecule has 1 fully saturated rings. The van der Waals surface area contributed by atoms with E-state index in [1.807, 2.05) is 19.3 Å². The number of hydrogen-bond donors (Lipinski definition) is 2. The highest BCUT2D eigenvalue weighted by Crippen LogP contribution is 2.28. The van der Waals surface area contributed by atoms with E-state index in [9.17, 15) is 14.4 Å². The number of carbonyl (C=O) groups excluding carboxylic acids is 3. The van der Waals surface area contributed by atoms with Crippen LogP contribution < -0.4 is 10.6 Å². The summed E-state index contributed by atoms with van der Waals surface area (Å²) in [6, 6.07) is 4.35. The van der Waals surface area contributed by atoms with Crippen LogP contribution in [0.2, 0.25) is 0 Å². The lowest BCUT2D eigenvalue weighted by molar-refractivity contribution is -0.647. The van der Waals surface area contributed by atoms with Gasteiger partial charge in [-0.2, -0.15) is 0 Å². The molecule has 7 nitrogen and oxygen atoms in total. The molecule has 1 aromatic carbocycles. The van der Waals surface area contributed by atoms with Gasteiger partial charge in [0.05, 0.1) is 24.8 Å². The third-order valence-corrected chi connectivity index (χ3v) is 5.11. The quantitative estimate of drug-likeness (QED) is 0.716. The number of fused-ring (bicyclic) bond motifs is 2. The smallest absolute Gasteiger partial charge is 0.280 e. The normalized spacial score (nSPS) is 21.5. The maximum absolute atomic E-state index is 12.8.